The van der Waals surface area contributed by atoms with Crippen molar-refractivity contribution in [3.05, 3.63) is 70.0 Å². The Labute approximate surface area is 176 Å². The number of nitrogens with zero attached hydrogens (tertiary/aromatic N) is 1. The van der Waals surface area contributed by atoms with Gasteiger partial charge < -0.3 is 5.11 Å². The maximum atomic E-state index is 12.7. The summed E-state index contributed by atoms with van der Waals surface area (Å²) in [7, 11) is 0. The highest BCUT2D eigenvalue weighted by molar-refractivity contribution is 5.83. The second kappa shape index (κ2) is 7.46. The van der Waals surface area contributed by atoms with Crippen molar-refractivity contribution in [2.45, 2.75) is 58.4 Å². The first-order valence-electron chi connectivity index (χ1n) is 10.8. The number of para-hydroxylation sites is 1. The Morgan fingerprint density at radius 1 is 1.07 bits per heavy atom. The van der Waals surface area contributed by atoms with E-state index < -0.39 is 16.8 Å². The van der Waals surface area contributed by atoms with E-state index >= 15 is 0 Å². The van der Waals surface area contributed by atoms with Crippen molar-refractivity contribution in [1.82, 2.24) is 9.78 Å². The predicted molar refractivity (Wildman–Crippen MR) is 119 cm³/mol. The summed E-state index contributed by atoms with van der Waals surface area (Å²) >= 11 is 0. The van der Waals surface area contributed by atoms with E-state index in [1.807, 2.05) is 69.3 Å². The molecule has 1 aliphatic carbocycles. The minimum Gasteiger partial charge on any atom is -0.481 e. The van der Waals surface area contributed by atoms with Gasteiger partial charge in [0.2, 0.25) is 0 Å². The van der Waals surface area contributed by atoms with Gasteiger partial charge >= 0.3 is 5.97 Å². The lowest BCUT2D eigenvalue weighted by Crippen LogP contribution is -2.52. The number of hydrogen-bond donors (Lipinski definition) is 2. The van der Waals surface area contributed by atoms with Crippen LogP contribution >= 0.6 is 0 Å². The van der Waals surface area contributed by atoms with Crippen molar-refractivity contribution in [3.63, 3.8) is 0 Å². The van der Waals surface area contributed by atoms with Crippen LogP contribution in [0.1, 0.15) is 57.6 Å². The molecule has 0 bridgehead atoms. The zero-order valence-electron chi connectivity index (χ0n) is 17.9. The molecular weight excluding hydrogens is 376 g/mol. The smallest absolute Gasteiger partial charge is 0.314 e. The molecule has 0 amide bonds. The Bertz CT molecular complexity index is 1110. The Kier molecular flexibility index (Phi) is 5.08. The van der Waals surface area contributed by atoms with E-state index in [-0.39, 0.29) is 11.5 Å². The third-order valence-corrected chi connectivity index (χ3v) is 6.90. The summed E-state index contributed by atoms with van der Waals surface area (Å²) in [5, 5.41) is 14.3. The molecule has 0 spiro atoms. The van der Waals surface area contributed by atoms with Crippen molar-refractivity contribution < 1.29 is 9.90 Å². The van der Waals surface area contributed by atoms with Crippen molar-refractivity contribution in [3.8, 4) is 0 Å². The monoisotopic (exact) mass is 406 g/mol. The number of hydrogen-bond acceptors (Lipinski definition) is 2. The molecular formula is C25H30N2O3. The number of aliphatic carboxylic acids is 1. The van der Waals surface area contributed by atoms with E-state index in [4.69, 9.17) is 0 Å². The van der Waals surface area contributed by atoms with Gasteiger partial charge in [-0.1, -0.05) is 70.0 Å². The highest BCUT2D eigenvalue weighted by atomic mass is 16.4. The molecule has 2 aromatic carbocycles. The first kappa shape index (κ1) is 20.5. The normalized spacial score (nSPS) is 17.3. The SMILES string of the molecule is CC(C)(C)C(C(=O)O)(c1ccc(Cn2[nH]c3ccccc3c2=O)cc1)C1CCCC1. The topological polar surface area (TPSA) is 75.1 Å². The fraction of sp³-hybridized carbons (Fsp3) is 0.440. The van der Waals surface area contributed by atoms with E-state index in [0.29, 0.717) is 11.9 Å². The van der Waals surface area contributed by atoms with Gasteiger partial charge in [-0.3, -0.25) is 14.7 Å². The minimum absolute atomic E-state index is 0.0461. The zero-order valence-corrected chi connectivity index (χ0v) is 17.9. The molecule has 1 heterocycles. The third-order valence-electron chi connectivity index (χ3n) is 6.90. The van der Waals surface area contributed by atoms with E-state index in [9.17, 15) is 14.7 Å². The lowest BCUT2D eigenvalue weighted by molar-refractivity contribution is -0.152. The van der Waals surface area contributed by atoms with Gasteiger partial charge in [0.05, 0.1) is 17.4 Å². The van der Waals surface area contributed by atoms with Crippen LogP contribution in [-0.2, 0) is 16.8 Å². The average molecular weight is 407 g/mol. The van der Waals surface area contributed by atoms with Gasteiger partial charge in [0, 0.05) is 0 Å². The van der Waals surface area contributed by atoms with Crippen LogP contribution in [0.5, 0.6) is 0 Å². The molecule has 5 heteroatoms. The number of aromatic amines is 1. The second-order valence-corrected chi connectivity index (χ2v) is 9.59. The van der Waals surface area contributed by atoms with Crippen LogP contribution in [0.3, 0.4) is 0 Å². The number of benzene rings is 2. The molecule has 1 fully saturated rings. The maximum Gasteiger partial charge on any atom is 0.314 e. The van der Waals surface area contributed by atoms with Crippen molar-refractivity contribution in [1.29, 1.82) is 0 Å². The van der Waals surface area contributed by atoms with Crippen LogP contribution in [0.2, 0.25) is 0 Å². The molecule has 0 radical (unpaired) electrons. The van der Waals surface area contributed by atoms with E-state index in [1.54, 1.807) is 4.68 Å². The summed E-state index contributed by atoms with van der Waals surface area (Å²) in [6.45, 7) is 6.54. The van der Waals surface area contributed by atoms with Gasteiger partial charge in [-0.25, -0.2) is 4.68 Å². The summed E-state index contributed by atoms with van der Waals surface area (Å²) in [5.41, 5.74) is 1.27. The summed E-state index contributed by atoms with van der Waals surface area (Å²) in [4.78, 5) is 25.3. The lowest BCUT2D eigenvalue weighted by atomic mass is 9.55. The number of rotatable bonds is 5. The Hall–Kier alpha value is -2.82. The lowest BCUT2D eigenvalue weighted by Gasteiger charge is -2.46. The number of H-pyrrole nitrogens is 1. The minimum atomic E-state index is -0.917. The molecule has 2 N–H and O–H groups in total. The van der Waals surface area contributed by atoms with E-state index in [2.05, 4.69) is 5.10 Å². The highest BCUT2D eigenvalue weighted by Crippen LogP contribution is 2.52. The molecule has 0 aliphatic heterocycles. The van der Waals surface area contributed by atoms with Crippen molar-refractivity contribution >= 4 is 16.9 Å². The van der Waals surface area contributed by atoms with Gasteiger partial charge in [-0.15, -0.1) is 0 Å². The van der Waals surface area contributed by atoms with Gasteiger partial charge in [0.1, 0.15) is 5.41 Å². The number of fused-ring (bicyclic) bond motifs is 1. The van der Waals surface area contributed by atoms with Crippen LogP contribution < -0.4 is 5.56 Å². The highest BCUT2D eigenvalue weighted by Gasteiger charge is 2.55. The number of aromatic nitrogens is 2. The molecule has 1 aromatic heterocycles. The van der Waals surface area contributed by atoms with Gasteiger partial charge in [0.25, 0.3) is 5.56 Å². The van der Waals surface area contributed by atoms with E-state index in [0.717, 1.165) is 42.3 Å². The number of carbonyl (C=O) groups is 1. The molecule has 158 valence electrons. The first-order chi connectivity index (χ1) is 14.2. The van der Waals surface area contributed by atoms with Gasteiger partial charge in [0.15, 0.2) is 0 Å². The number of carboxylic acid groups (broad SMARTS) is 1. The van der Waals surface area contributed by atoms with Gasteiger partial charge in [-0.05, 0) is 47.4 Å². The number of carboxylic acids is 1. The molecule has 30 heavy (non-hydrogen) atoms. The summed E-state index contributed by atoms with van der Waals surface area (Å²) in [6.07, 6.45) is 4.10. The van der Waals surface area contributed by atoms with Crippen molar-refractivity contribution in [2.24, 2.45) is 11.3 Å². The fourth-order valence-electron chi connectivity index (χ4n) is 5.53. The zero-order chi connectivity index (χ0) is 21.5. The Morgan fingerprint density at radius 3 is 2.27 bits per heavy atom. The third kappa shape index (κ3) is 3.17. The molecule has 1 saturated carbocycles. The average Bonchev–Trinajstić information content (AvgIpc) is 3.32. The van der Waals surface area contributed by atoms with Gasteiger partial charge in [-0.2, -0.15) is 0 Å². The number of nitrogens with one attached hydrogen (secondary N) is 1. The molecule has 4 rings (SSSR count). The molecule has 1 unspecified atom stereocenters. The van der Waals surface area contributed by atoms with Crippen LogP contribution in [0.25, 0.3) is 10.9 Å². The van der Waals surface area contributed by atoms with Crippen LogP contribution in [-0.4, -0.2) is 20.9 Å². The van der Waals surface area contributed by atoms with Crippen LogP contribution in [0, 0.1) is 11.3 Å². The molecule has 1 aliphatic rings. The standard InChI is InChI=1S/C25H30N2O3/c1-24(2,3)25(23(29)30,18-8-4-5-9-18)19-14-12-17(13-15-19)16-27-22(28)20-10-6-7-11-21(20)26-27/h6-7,10-15,18,26H,4-5,8-9,16H2,1-3H3,(H,29,30). The first-order valence-corrected chi connectivity index (χ1v) is 10.8. The van der Waals surface area contributed by atoms with E-state index in [1.165, 1.54) is 0 Å². The summed E-state index contributed by atoms with van der Waals surface area (Å²) in [6, 6.07) is 15.3. The van der Waals surface area contributed by atoms with Crippen LogP contribution in [0.4, 0.5) is 0 Å². The fourth-order valence-corrected chi connectivity index (χ4v) is 5.53. The predicted octanol–water partition coefficient (Wildman–Crippen LogP) is 4.94. The Balaban J connectivity index is 1.70. The quantitative estimate of drug-likeness (QED) is 0.630. The molecule has 0 saturated heterocycles. The molecule has 5 nitrogen and oxygen atoms in total. The van der Waals surface area contributed by atoms with Crippen molar-refractivity contribution in [2.75, 3.05) is 0 Å². The van der Waals surface area contributed by atoms with Crippen LogP contribution in [0.15, 0.2) is 53.3 Å². The summed E-state index contributed by atoms with van der Waals surface area (Å²) in [5.74, 6) is -0.598. The molecule has 3 aromatic rings. The Morgan fingerprint density at radius 2 is 1.70 bits per heavy atom. The summed E-state index contributed by atoms with van der Waals surface area (Å²) < 4.78 is 1.60. The second-order valence-electron chi connectivity index (χ2n) is 9.59. The largest absolute Gasteiger partial charge is 0.481 e. The molecule has 1 atom stereocenters. The maximum absolute atomic E-state index is 12.7.